The van der Waals surface area contributed by atoms with Crippen molar-refractivity contribution in [3.63, 3.8) is 0 Å². The van der Waals surface area contributed by atoms with Crippen molar-refractivity contribution in [2.75, 3.05) is 19.8 Å². The van der Waals surface area contributed by atoms with E-state index in [1.165, 1.54) is 0 Å². The maximum Gasteiger partial charge on any atom is 0.230 e. The average molecular weight is 312 g/mol. The van der Waals surface area contributed by atoms with Crippen molar-refractivity contribution < 1.29 is 9.53 Å². The van der Waals surface area contributed by atoms with Gasteiger partial charge in [0.05, 0.1) is 5.41 Å². The summed E-state index contributed by atoms with van der Waals surface area (Å²) in [6.45, 7) is 8.09. The van der Waals surface area contributed by atoms with Crippen LogP contribution in [0.15, 0.2) is 24.3 Å². The molecule has 0 aliphatic carbocycles. The molecule has 118 valence electrons. The van der Waals surface area contributed by atoms with Crippen LogP contribution in [0, 0.1) is 0 Å². The Bertz CT molecular complexity index is 446. The SMILES string of the molecule is CCCCOCCCNC(=O)C(C)(C)c1cccc(Cl)c1. The number of benzene rings is 1. The predicted octanol–water partition coefficient (Wildman–Crippen LogP) is 3.94. The number of carbonyl (C=O) groups excluding carboxylic acids is 1. The second kappa shape index (κ2) is 9.06. The summed E-state index contributed by atoms with van der Waals surface area (Å²) < 4.78 is 5.47. The van der Waals surface area contributed by atoms with E-state index in [1.807, 2.05) is 38.1 Å². The Labute approximate surface area is 133 Å². The molecule has 0 aromatic heterocycles. The Morgan fingerprint density at radius 1 is 1.29 bits per heavy atom. The van der Waals surface area contributed by atoms with E-state index in [0.29, 0.717) is 18.2 Å². The van der Waals surface area contributed by atoms with Gasteiger partial charge in [0.15, 0.2) is 0 Å². The molecule has 0 radical (unpaired) electrons. The molecule has 4 heteroatoms. The molecule has 1 N–H and O–H groups in total. The Kier molecular flexibility index (Phi) is 7.76. The Morgan fingerprint density at radius 3 is 2.67 bits per heavy atom. The smallest absolute Gasteiger partial charge is 0.230 e. The lowest BCUT2D eigenvalue weighted by Gasteiger charge is -2.24. The van der Waals surface area contributed by atoms with Gasteiger partial charge in [0, 0.05) is 24.8 Å². The first kappa shape index (κ1) is 18.0. The molecule has 0 aliphatic heterocycles. The van der Waals surface area contributed by atoms with Crippen LogP contribution in [0.2, 0.25) is 5.02 Å². The second-order valence-corrected chi connectivity index (χ2v) is 6.15. The molecule has 1 aromatic rings. The fraction of sp³-hybridized carbons (Fsp3) is 0.588. The van der Waals surface area contributed by atoms with Crippen molar-refractivity contribution in [1.29, 1.82) is 0 Å². The van der Waals surface area contributed by atoms with Gasteiger partial charge in [-0.15, -0.1) is 0 Å². The van der Waals surface area contributed by atoms with Gasteiger partial charge >= 0.3 is 0 Å². The van der Waals surface area contributed by atoms with Gasteiger partial charge < -0.3 is 10.1 Å². The Hall–Kier alpha value is -1.06. The van der Waals surface area contributed by atoms with Crippen molar-refractivity contribution in [3.05, 3.63) is 34.9 Å². The van der Waals surface area contributed by atoms with Gasteiger partial charge in [-0.2, -0.15) is 0 Å². The number of carbonyl (C=O) groups is 1. The molecule has 0 unspecified atom stereocenters. The first-order chi connectivity index (χ1) is 9.98. The zero-order chi connectivity index (χ0) is 15.7. The number of amides is 1. The maximum atomic E-state index is 12.3. The molecular weight excluding hydrogens is 286 g/mol. The minimum Gasteiger partial charge on any atom is -0.381 e. The second-order valence-electron chi connectivity index (χ2n) is 5.71. The molecule has 1 aromatic carbocycles. The van der Waals surface area contributed by atoms with Gasteiger partial charge in [-0.3, -0.25) is 4.79 Å². The quantitative estimate of drug-likeness (QED) is 0.701. The van der Waals surface area contributed by atoms with Gasteiger partial charge in [0.25, 0.3) is 0 Å². The molecule has 0 fully saturated rings. The highest BCUT2D eigenvalue weighted by Gasteiger charge is 2.29. The third-order valence-corrected chi connectivity index (χ3v) is 3.74. The van der Waals surface area contributed by atoms with Crippen LogP contribution in [0.3, 0.4) is 0 Å². The summed E-state index contributed by atoms with van der Waals surface area (Å²) in [6.07, 6.45) is 3.07. The van der Waals surface area contributed by atoms with Gasteiger partial charge in [-0.05, 0) is 44.4 Å². The van der Waals surface area contributed by atoms with Crippen LogP contribution in [0.1, 0.15) is 45.6 Å². The third kappa shape index (κ3) is 6.06. The molecule has 1 amide bonds. The van der Waals surface area contributed by atoms with Gasteiger partial charge in [-0.25, -0.2) is 0 Å². The summed E-state index contributed by atoms with van der Waals surface area (Å²) in [7, 11) is 0. The summed E-state index contributed by atoms with van der Waals surface area (Å²) in [6, 6.07) is 7.45. The number of nitrogens with one attached hydrogen (secondary N) is 1. The van der Waals surface area contributed by atoms with E-state index in [1.54, 1.807) is 0 Å². The molecule has 0 spiro atoms. The summed E-state index contributed by atoms with van der Waals surface area (Å²) in [4.78, 5) is 12.3. The normalized spacial score (nSPS) is 11.4. The molecule has 0 saturated carbocycles. The van der Waals surface area contributed by atoms with E-state index >= 15 is 0 Å². The predicted molar refractivity (Wildman–Crippen MR) is 87.8 cm³/mol. The fourth-order valence-electron chi connectivity index (χ4n) is 1.95. The van der Waals surface area contributed by atoms with Crippen LogP contribution >= 0.6 is 11.6 Å². The lowest BCUT2D eigenvalue weighted by Crippen LogP contribution is -2.40. The van der Waals surface area contributed by atoms with Crippen LogP contribution in [0.5, 0.6) is 0 Å². The minimum absolute atomic E-state index is 0.0123. The molecule has 0 bridgehead atoms. The molecule has 0 heterocycles. The number of unbranched alkanes of at least 4 members (excludes halogenated alkanes) is 1. The van der Waals surface area contributed by atoms with Crippen molar-refractivity contribution in [1.82, 2.24) is 5.32 Å². The summed E-state index contributed by atoms with van der Waals surface area (Å²) in [5, 5.41) is 3.62. The van der Waals surface area contributed by atoms with Crippen LogP contribution in [-0.4, -0.2) is 25.7 Å². The van der Waals surface area contributed by atoms with Gasteiger partial charge in [-0.1, -0.05) is 37.1 Å². The number of ether oxygens (including phenoxy) is 1. The van der Waals surface area contributed by atoms with Gasteiger partial charge in [0.2, 0.25) is 5.91 Å². The topological polar surface area (TPSA) is 38.3 Å². The minimum atomic E-state index is -0.589. The highest BCUT2D eigenvalue weighted by Crippen LogP contribution is 2.25. The monoisotopic (exact) mass is 311 g/mol. The first-order valence-corrected chi connectivity index (χ1v) is 7.98. The number of hydrogen-bond acceptors (Lipinski definition) is 2. The van der Waals surface area contributed by atoms with E-state index in [2.05, 4.69) is 12.2 Å². The molecule has 1 rings (SSSR count). The molecule has 3 nitrogen and oxygen atoms in total. The number of halogens is 1. The largest absolute Gasteiger partial charge is 0.381 e. The molecule has 0 aliphatic rings. The van der Waals surface area contributed by atoms with Crippen molar-refractivity contribution in [3.8, 4) is 0 Å². The van der Waals surface area contributed by atoms with E-state index < -0.39 is 5.41 Å². The maximum absolute atomic E-state index is 12.3. The molecule has 21 heavy (non-hydrogen) atoms. The third-order valence-electron chi connectivity index (χ3n) is 3.51. The van der Waals surface area contributed by atoms with Crippen molar-refractivity contribution >= 4 is 17.5 Å². The molecular formula is C17H26ClNO2. The standard InChI is InChI=1S/C17H26ClNO2/c1-4-5-11-21-12-7-10-19-16(20)17(2,3)14-8-6-9-15(18)13-14/h6,8-9,13H,4-5,7,10-12H2,1-3H3,(H,19,20). The summed E-state index contributed by atoms with van der Waals surface area (Å²) in [5.74, 6) is 0.0123. The van der Waals surface area contributed by atoms with Gasteiger partial charge in [0.1, 0.15) is 0 Å². The summed E-state index contributed by atoms with van der Waals surface area (Å²) >= 11 is 5.99. The lowest BCUT2D eigenvalue weighted by molar-refractivity contribution is -0.125. The fourth-order valence-corrected chi connectivity index (χ4v) is 2.14. The molecule has 0 saturated heterocycles. The van der Waals surface area contributed by atoms with Crippen molar-refractivity contribution in [2.24, 2.45) is 0 Å². The van der Waals surface area contributed by atoms with E-state index in [4.69, 9.17) is 16.3 Å². The van der Waals surface area contributed by atoms with Crippen LogP contribution < -0.4 is 5.32 Å². The van der Waals surface area contributed by atoms with Crippen LogP contribution in [0.25, 0.3) is 0 Å². The summed E-state index contributed by atoms with van der Waals surface area (Å²) in [5.41, 5.74) is 0.334. The van der Waals surface area contributed by atoms with E-state index in [-0.39, 0.29) is 5.91 Å². The lowest BCUT2D eigenvalue weighted by atomic mass is 9.84. The van der Waals surface area contributed by atoms with E-state index in [0.717, 1.165) is 31.4 Å². The zero-order valence-electron chi connectivity index (χ0n) is 13.2. The van der Waals surface area contributed by atoms with Crippen molar-refractivity contribution in [2.45, 2.75) is 45.4 Å². The Morgan fingerprint density at radius 2 is 2.00 bits per heavy atom. The first-order valence-electron chi connectivity index (χ1n) is 7.60. The zero-order valence-corrected chi connectivity index (χ0v) is 14.0. The average Bonchev–Trinajstić information content (AvgIpc) is 2.46. The highest BCUT2D eigenvalue weighted by atomic mass is 35.5. The molecule has 0 atom stereocenters. The highest BCUT2D eigenvalue weighted by molar-refractivity contribution is 6.30. The number of rotatable bonds is 9. The van der Waals surface area contributed by atoms with Crippen LogP contribution in [0.4, 0.5) is 0 Å². The van der Waals surface area contributed by atoms with Crippen LogP contribution in [-0.2, 0) is 14.9 Å². The Balaban J connectivity index is 2.37. The van der Waals surface area contributed by atoms with E-state index in [9.17, 15) is 4.79 Å². The number of hydrogen-bond donors (Lipinski definition) is 1.